The third-order valence-electron chi connectivity index (χ3n) is 16.0. The van der Waals surface area contributed by atoms with Crippen molar-refractivity contribution in [2.75, 3.05) is 13.2 Å². The van der Waals surface area contributed by atoms with Gasteiger partial charge in [-0.05, 0) is 83.5 Å². The number of rotatable bonds is 66. The molecular formula is C75H136O6. The molecule has 0 aromatic carbocycles. The molecule has 0 N–H and O–H groups in total. The van der Waals surface area contributed by atoms with Crippen molar-refractivity contribution < 1.29 is 28.6 Å². The van der Waals surface area contributed by atoms with Gasteiger partial charge in [-0.1, -0.05) is 338 Å². The Balaban J connectivity index is 3.89. The van der Waals surface area contributed by atoms with E-state index in [9.17, 15) is 14.4 Å². The summed E-state index contributed by atoms with van der Waals surface area (Å²) in [5.41, 5.74) is 0. The highest BCUT2D eigenvalue weighted by atomic mass is 16.6. The number of esters is 3. The fourth-order valence-electron chi connectivity index (χ4n) is 10.7. The second-order valence-corrected chi connectivity index (χ2v) is 24.1. The molecular weight excluding hydrogens is 997 g/mol. The van der Waals surface area contributed by atoms with Crippen molar-refractivity contribution in [3.63, 3.8) is 0 Å². The van der Waals surface area contributed by atoms with Crippen molar-refractivity contribution in [3.8, 4) is 0 Å². The van der Waals surface area contributed by atoms with Gasteiger partial charge >= 0.3 is 17.9 Å². The number of carbonyl (C=O) groups excluding carboxylic acids is 3. The highest BCUT2D eigenvalue weighted by Crippen LogP contribution is 2.18. The molecule has 0 aliphatic heterocycles. The van der Waals surface area contributed by atoms with Gasteiger partial charge in [-0.2, -0.15) is 0 Å². The van der Waals surface area contributed by atoms with E-state index in [1.165, 1.54) is 250 Å². The summed E-state index contributed by atoms with van der Waals surface area (Å²) in [6.45, 7) is 6.50. The zero-order valence-corrected chi connectivity index (χ0v) is 54.3. The third-order valence-corrected chi connectivity index (χ3v) is 16.0. The molecule has 0 saturated carbocycles. The van der Waals surface area contributed by atoms with E-state index in [0.29, 0.717) is 19.3 Å². The first-order chi connectivity index (χ1) is 40.0. The van der Waals surface area contributed by atoms with Crippen LogP contribution in [0.2, 0.25) is 0 Å². The van der Waals surface area contributed by atoms with Gasteiger partial charge in [0.2, 0.25) is 0 Å². The molecule has 6 heteroatoms. The topological polar surface area (TPSA) is 78.9 Å². The molecule has 1 unspecified atom stereocenters. The minimum Gasteiger partial charge on any atom is -0.462 e. The number of allylic oxidation sites excluding steroid dienone is 10. The smallest absolute Gasteiger partial charge is 0.306 e. The van der Waals surface area contributed by atoms with Crippen molar-refractivity contribution in [2.24, 2.45) is 0 Å². The molecule has 0 saturated heterocycles. The van der Waals surface area contributed by atoms with E-state index in [0.717, 1.165) is 89.9 Å². The second-order valence-electron chi connectivity index (χ2n) is 24.1. The molecule has 0 amide bonds. The summed E-state index contributed by atoms with van der Waals surface area (Å²) in [5, 5.41) is 0. The molecule has 0 rings (SSSR count). The maximum Gasteiger partial charge on any atom is 0.306 e. The largest absolute Gasteiger partial charge is 0.462 e. The molecule has 0 spiro atoms. The van der Waals surface area contributed by atoms with Crippen molar-refractivity contribution in [1.82, 2.24) is 0 Å². The lowest BCUT2D eigenvalue weighted by Crippen LogP contribution is -2.30. The number of hydrogen-bond acceptors (Lipinski definition) is 6. The first-order valence-electron chi connectivity index (χ1n) is 35.8. The summed E-state index contributed by atoms with van der Waals surface area (Å²) in [7, 11) is 0. The molecule has 6 nitrogen and oxygen atoms in total. The van der Waals surface area contributed by atoms with Crippen LogP contribution >= 0.6 is 0 Å². The fourth-order valence-corrected chi connectivity index (χ4v) is 10.7. The van der Waals surface area contributed by atoms with E-state index in [2.05, 4.69) is 81.5 Å². The first-order valence-corrected chi connectivity index (χ1v) is 35.8. The molecule has 0 aromatic heterocycles. The van der Waals surface area contributed by atoms with Crippen molar-refractivity contribution in [3.05, 3.63) is 60.8 Å². The Kier molecular flexibility index (Phi) is 67.1. The fraction of sp³-hybridized carbons (Fsp3) is 0.827. The van der Waals surface area contributed by atoms with E-state index in [1.54, 1.807) is 0 Å². The van der Waals surface area contributed by atoms with Gasteiger partial charge in [0.1, 0.15) is 13.2 Å². The zero-order valence-electron chi connectivity index (χ0n) is 54.3. The maximum absolute atomic E-state index is 12.9. The molecule has 1 atom stereocenters. The van der Waals surface area contributed by atoms with E-state index < -0.39 is 6.10 Å². The first kappa shape index (κ1) is 78.1. The van der Waals surface area contributed by atoms with Gasteiger partial charge in [0.25, 0.3) is 0 Å². The number of carbonyl (C=O) groups is 3. The highest BCUT2D eigenvalue weighted by molar-refractivity contribution is 5.71. The Morgan fingerprint density at radius 1 is 0.259 bits per heavy atom. The van der Waals surface area contributed by atoms with E-state index in [1.807, 2.05) is 0 Å². The average molecular weight is 1130 g/mol. The van der Waals surface area contributed by atoms with Gasteiger partial charge in [-0.15, -0.1) is 0 Å². The molecule has 472 valence electrons. The van der Waals surface area contributed by atoms with Gasteiger partial charge in [0.15, 0.2) is 6.10 Å². The van der Waals surface area contributed by atoms with Crippen LogP contribution in [0.1, 0.15) is 380 Å². The van der Waals surface area contributed by atoms with Crippen LogP contribution in [0, 0.1) is 0 Å². The van der Waals surface area contributed by atoms with Crippen LogP contribution in [0.5, 0.6) is 0 Å². The average Bonchev–Trinajstić information content (AvgIpc) is 3.47. The molecule has 0 aliphatic rings. The number of hydrogen-bond donors (Lipinski definition) is 0. The second kappa shape index (κ2) is 69.6. The van der Waals surface area contributed by atoms with Crippen LogP contribution in [0.3, 0.4) is 0 Å². The van der Waals surface area contributed by atoms with Crippen LogP contribution in [-0.2, 0) is 28.6 Å². The summed E-state index contributed by atoms with van der Waals surface area (Å²) in [6, 6.07) is 0. The normalized spacial score (nSPS) is 12.4. The van der Waals surface area contributed by atoms with Gasteiger partial charge in [-0.3, -0.25) is 14.4 Å². The predicted octanol–water partition coefficient (Wildman–Crippen LogP) is 24.7. The van der Waals surface area contributed by atoms with Crippen LogP contribution in [0.15, 0.2) is 60.8 Å². The van der Waals surface area contributed by atoms with E-state index in [4.69, 9.17) is 14.2 Å². The Morgan fingerprint density at radius 2 is 0.481 bits per heavy atom. The van der Waals surface area contributed by atoms with Gasteiger partial charge in [0, 0.05) is 19.3 Å². The summed E-state index contributed by atoms with van der Waals surface area (Å²) in [4.78, 5) is 38.0. The number of ether oxygens (including phenoxy) is 3. The minimum absolute atomic E-state index is 0.0688. The van der Waals surface area contributed by atoms with Crippen molar-refractivity contribution in [2.45, 2.75) is 386 Å². The Hall–Kier alpha value is -2.89. The lowest BCUT2D eigenvalue weighted by atomic mass is 10.0. The lowest BCUT2D eigenvalue weighted by Gasteiger charge is -2.18. The SMILES string of the molecule is CC/C=C\C/C=C\C/C=C\C/C=C\CCCCCCCCCCCCCCCCCCCCCCCCC(=O)OCC(COC(=O)CCCCCCC)OC(=O)CCCCCCCCCCCCC/C=C\CCCCCCCCCC. The molecule has 0 radical (unpaired) electrons. The monoisotopic (exact) mass is 1130 g/mol. The Morgan fingerprint density at radius 3 is 0.765 bits per heavy atom. The van der Waals surface area contributed by atoms with Crippen LogP contribution < -0.4 is 0 Å². The summed E-state index contributed by atoms with van der Waals surface area (Å²) in [6.07, 6.45) is 90.4. The van der Waals surface area contributed by atoms with Crippen LogP contribution in [0.25, 0.3) is 0 Å². The molecule has 81 heavy (non-hydrogen) atoms. The van der Waals surface area contributed by atoms with Gasteiger partial charge in [0.05, 0.1) is 0 Å². The summed E-state index contributed by atoms with van der Waals surface area (Å²) >= 11 is 0. The van der Waals surface area contributed by atoms with Gasteiger partial charge < -0.3 is 14.2 Å². The lowest BCUT2D eigenvalue weighted by molar-refractivity contribution is -0.167. The minimum atomic E-state index is -0.768. The summed E-state index contributed by atoms with van der Waals surface area (Å²) in [5.74, 6) is -0.861. The molecule has 0 fully saturated rings. The molecule has 0 heterocycles. The van der Waals surface area contributed by atoms with E-state index in [-0.39, 0.29) is 31.1 Å². The van der Waals surface area contributed by atoms with Crippen LogP contribution in [-0.4, -0.2) is 37.2 Å². The van der Waals surface area contributed by atoms with E-state index >= 15 is 0 Å². The van der Waals surface area contributed by atoms with Crippen molar-refractivity contribution in [1.29, 1.82) is 0 Å². The predicted molar refractivity (Wildman–Crippen MR) is 353 cm³/mol. The highest BCUT2D eigenvalue weighted by Gasteiger charge is 2.19. The molecule has 0 bridgehead atoms. The quantitative estimate of drug-likeness (QED) is 0.0261. The summed E-state index contributed by atoms with van der Waals surface area (Å²) < 4.78 is 16.8. The maximum atomic E-state index is 12.9. The Labute approximate surface area is 504 Å². The zero-order chi connectivity index (χ0) is 58.5. The molecule has 0 aliphatic carbocycles. The van der Waals surface area contributed by atoms with Crippen molar-refractivity contribution >= 4 is 17.9 Å². The standard InChI is InChI=1S/C75H136O6/c1-4-7-10-13-15-17-19-21-23-25-27-29-31-32-33-34-35-36-37-38-39-40-41-42-44-45-47-49-51-53-55-57-59-62-65-68-74(77)80-71-72(70-79-73(76)67-64-61-12-9-6-3)81-75(78)69-66-63-60-58-56-54-52-50-48-46-43-30-28-26-24-22-20-18-16-14-11-8-5-2/h7,10,15,17,21,23,26-29,72H,4-6,8-9,11-14,16,18-20,22,24-25,30-71H2,1-3H3/b10-7-,17-15-,23-21-,28-26-,29-27-. The number of unbranched alkanes of at least 4 members (excludes halogenated alkanes) is 45. The van der Waals surface area contributed by atoms with Gasteiger partial charge in [-0.25, -0.2) is 0 Å². The molecule has 0 aromatic rings. The third kappa shape index (κ3) is 67.8. The Bertz CT molecular complexity index is 1440. The van der Waals surface area contributed by atoms with Crippen LogP contribution in [0.4, 0.5) is 0 Å².